The number of ether oxygens (including phenoxy) is 1. The van der Waals surface area contributed by atoms with Gasteiger partial charge < -0.3 is 10.5 Å². The molecule has 0 spiro atoms. The van der Waals surface area contributed by atoms with E-state index < -0.39 is 0 Å². The molecule has 2 aromatic heterocycles. The maximum absolute atomic E-state index is 6.07. The molecule has 5 heteroatoms. The van der Waals surface area contributed by atoms with Gasteiger partial charge in [-0.3, -0.25) is 0 Å². The summed E-state index contributed by atoms with van der Waals surface area (Å²) >= 11 is 1.61. The number of hydrogen-bond acceptors (Lipinski definition) is 5. The van der Waals surface area contributed by atoms with E-state index >= 15 is 0 Å². The molecule has 0 amide bonds. The lowest BCUT2D eigenvalue weighted by molar-refractivity contribution is 0.179. The number of nitrogen functional groups attached to an aromatic ring is 1. The molecule has 2 N–H and O–H groups in total. The Morgan fingerprint density at radius 1 is 1.17 bits per heavy atom. The number of anilines is 1. The van der Waals surface area contributed by atoms with E-state index in [1.54, 1.807) is 11.3 Å². The average molecular weight is 263 g/mol. The Morgan fingerprint density at radius 3 is 2.72 bits per heavy atom. The highest BCUT2D eigenvalue weighted by Crippen LogP contribution is 2.31. The Balaban J connectivity index is 1.86. The first-order valence-corrected chi connectivity index (χ1v) is 7.38. The number of aromatic nitrogens is 2. The summed E-state index contributed by atoms with van der Waals surface area (Å²) in [5.74, 6) is 0.962. The van der Waals surface area contributed by atoms with Gasteiger partial charge in [-0.05, 0) is 37.1 Å². The van der Waals surface area contributed by atoms with Gasteiger partial charge >= 0.3 is 0 Å². The molecule has 0 unspecified atom stereocenters. The molecule has 0 aromatic carbocycles. The van der Waals surface area contributed by atoms with Gasteiger partial charge in [-0.15, -0.1) is 11.3 Å². The topological polar surface area (TPSA) is 61.0 Å². The highest BCUT2D eigenvalue weighted by atomic mass is 32.1. The minimum atomic E-state index is 0.284. The standard InChI is InChI=1S/C13H17N3OS/c14-13-15-10-7-8-18-11(10)12(16-13)17-9-5-3-1-2-4-6-9/h7-9H,1-6H2,(H2,14,15,16). The SMILES string of the molecule is Nc1nc(OC2CCCCCC2)c2sccc2n1. The molecule has 96 valence electrons. The second-order valence-corrected chi connectivity index (χ2v) is 5.67. The molecule has 0 aliphatic heterocycles. The van der Waals surface area contributed by atoms with Crippen LogP contribution in [0.15, 0.2) is 11.4 Å². The zero-order chi connectivity index (χ0) is 12.4. The van der Waals surface area contributed by atoms with Gasteiger partial charge in [0.2, 0.25) is 11.8 Å². The molecular weight excluding hydrogens is 246 g/mol. The van der Waals surface area contributed by atoms with Crippen LogP contribution < -0.4 is 10.5 Å². The smallest absolute Gasteiger partial charge is 0.236 e. The fourth-order valence-corrected chi connectivity index (χ4v) is 3.21. The molecule has 0 atom stereocenters. The van der Waals surface area contributed by atoms with Crippen LogP contribution in [0.2, 0.25) is 0 Å². The van der Waals surface area contributed by atoms with Gasteiger partial charge in [0, 0.05) is 0 Å². The predicted molar refractivity (Wildman–Crippen MR) is 73.9 cm³/mol. The molecule has 1 aliphatic rings. The third kappa shape index (κ3) is 2.41. The van der Waals surface area contributed by atoms with Crippen molar-refractivity contribution in [3.05, 3.63) is 11.4 Å². The van der Waals surface area contributed by atoms with Crippen molar-refractivity contribution in [3.8, 4) is 5.88 Å². The molecule has 4 nitrogen and oxygen atoms in total. The molecule has 18 heavy (non-hydrogen) atoms. The molecule has 0 bridgehead atoms. The minimum absolute atomic E-state index is 0.284. The Labute approximate surface area is 110 Å². The van der Waals surface area contributed by atoms with Gasteiger partial charge in [0.25, 0.3) is 0 Å². The predicted octanol–water partition coefficient (Wildman–Crippen LogP) is 3.38. The first kappa shape index (κ1) is 11.7. The second kappa shape index (κ2) is 5.10. The monoisotopic (exact) mass is 263 g/mol. The Kier molecular flexibility index (Phi) is 3.32. The van der Waals surface area contributed by atoms with Crippen LogP contribution in [0, 0.1) is 0 Å². The van der Waals surface area contributed by atoms with Gasteiger partial charge in [-0.1, -0.05) is 12.8 Å². The molecule has 1 aliphatic carbocycles. The number of rotatable bonds is 2. The molecule has 1 fully saturated rings. The Bertz CT molecular complexity index is 532. The summed E-state index contributed by atoms with van der Waals surface area (Å²) in [4.78, 5) is 8.46. The van der Waals surface area contributed by atoms with Crippen LogP contribution in [0.4, 0.5) is 5.95 Å². The Hall–Kier alpha value is -1.36. The molecule has 3 rings (SSSR count). The number of nitrogens with zero attached hydrogens (tertiary/aromatic N) is 2. The van der Waals surface area contributed by atoms with E-state index in [2.05, 4.69) is 9.97 Å². The van der Waals surface area contributed by atoms with E-state index in [9.17, 15) is 0 Å². The van der Waals surface area contributed by atoms with E-state index in [1.807, 2.05) is 11.4 Å². The van der Waals surface area contributed by atoms with E-state index in [-0.39, 0.29) is 6.10 Å². The van der Waals surface area contributed by atoms with Gasteiger partial charge in [0.05, 0.1) is 5.52 Å². The van der Waals surface area contributed by atoms with E-state index in [1.165, 1.54) is 25.7 Å². The summed E-state index contributed by atoms with van der Waals surface area (Å²) in [7, 11) is 0. The number of thiophene rings is 1. The third-order valence-electron chi connectivity index (χ3n) is 3.37. The lowest BCUT2D eigenvalue weighted by atomic mass is 10.1. The number of fused-ring (bicyclic) bond motifs is 1. The third-order valence-corrected chi connectivity index (χ3v) is 4.26. The molecule has 2 aromatic rings. The van der Waals surface area contributed by atoms with Crippen LogP contribution in [0.1, 0.15) is 38.5 Å². The highest BCUT2D eigenvalue weighted by Gasteiger charge is 2.17. The van der Waals surface area contributed by atoms with Crippen molar-refractivity contribution in [2.45, 2.75) is 44.6 Å². The largest absolute Gasteiger partial charge is 0.473 e. The van der Waals surface area contributed by atoms with Crippen LogP contribution in [0.3, 0.4) is 0 Å². The second-order valence-electron chi connectivity index (χ2n) is 4.75. The fourth-order valence-electron chi connectivity index (χ4n) is 2.45. The molecular formula is C13H17N3OS. The summed E-state index contributed by atoms with van der Waals surface area (Å²) in [6.07, 6.45) is 7.66. The van der Waals surface area contributed by atoms with Crippen LogP contribution in [0.25, 0.3) is 10.2 Å². The first-order valence-electron chi connectivity index (χ1n) is 6.50. The maximum Gasteiger partial charge on any atom is 0.236 e. The average Bonchev–Trinajstić information content (AvgIpc) is 2.66. The zero-order valence-electron chi connectivity index (χ0n) is 10.3. The highest BCUT2D eigenvalue weighted by molar-refractivity contribution is 7.17. The number of hydrogen-bond donors (Lipinski definition) is 1. The first-order chi connectivity index (χ1) is 8.83. The van der Waals surface area contributed by atoms with Crippen molar-refractivity contribution >= 4 is 27.5 Å². The lowest BCUT2D eigenvalue weighted by Crippen LogP contribution is -2.16. The van der Waals surface area contributed by atoms with E-state index in [0.29, 0.717) is 11.8 Å². The maximum atomic E-state index is 6.07. The molecule has 0 radical (unpaired) electrons. The van der Waals surface area contributed by atoms with Crippen molar-refractivity contribution in [1.82, 2.24) is 9.97 Å². The van der Waals surface area contributed by atoms with Crippen molar-refractivity contribution < 1.29 is 4.74 Å². The van der Waals surface area contributed by atoms with Gasteiger partial charge in [-0.25, -0.2) is 4.98 Å². The summed E-state index contributed by atoms with van der Waals surface area (Å²) in [5.41, 5.74) is 6.61. The fraction of sp³-hybridized carbons (Fsp3) is 0.538. The van der Waals surface area contributed by atoms with Gasteiger partial charge in [-0.2, -0.15) is 4.98 Å². The normalized spacial score (nSPS) is 17.8. The summed E-state index contributed by atoms with van der Waals surface area (Å²) in [6.45, 7) is 0. The van der Waals surface area contributed by atoms with Crippen molar-refractivity contribution in [2.75, 3.05) is 5.73 Å². The van der Waals surface area contributed by atoms with E-state index in [0.717, 1.165) is 23.1 Å². The van der Waals surface area contributed by atoms with Crippen LogP contribution in [0.5, 0.6) is 5.88 Å². The number of nitrogens with two attached hydrogens (primary N) is 1. The zero-order valence-corrected chi connectivity index (χ0v) is 11.1. The minimum Gasteiger partial charge on any atom is -0.473 e. The van der Waals surface area contributed by atoms with Crippen LogP contribution >= 0.6 is 11.3 Å². The molecule has 1 saturated carbocycles. The molecule has 0 saturated heterocycles. The van der Waals surface area contributed by atoms with Crippen LogP contribution in [-0.4, -0.2) is 16.1 Å². The summed E-state index contributed by atoms with van der Waals surface area (Å²) < 4.78 is 7.07. The van der Waals surface area contributed by atoms with Crippen molar-refractivity contribution in [1.29, 1.82) is 0 Å². The van der Waals surface area contributed by atoms with Gasteiger partial charge in [0.1, 0.15) is 10.8 Å². The van der Waals surface area contributed by atoms with Crippen molar-refractivity contribution in [3.63, 3.8) is 0 Å². The summed E-state index contributed by atoms with van der Waals surface area (Å²) in [6, 6.07) is 1.96. The van der Waals surface area contributed by atoms with Crippen molar-refractivity contribution in [2.24, 2.45) is 0 Å². The van der Waals surface area contributed by atoms with Crippen LogP contribution in [-0.2, 0) is 0 Å². The quantitative estimate of drug-likeness (QED) is 0.844. The Morgan fingerprint density at radius 2 is 1.94 bits per heavy atom. The van der Waals surface area contributed by atoms with E-state index in [4.69, 9.17) is 10.5 Å². The lowest BCUT2D eigenvalue weighted by Gasteiger charge is -2.16. The van der Waals surface area contributed by atoms with Gasteiger partial charge in [0.15, 0.2) is 0 Å². The summed E-state index contributed by atoms with van der Waals surface area (Å²) in [5, 5.41) is 2.00. The molecule has 2 heterocycles.